The fourth-order valence-corrected chi connectivity index (χ4v) is 4.11. The second kappa shape index (κ2) is 5.72. The van der Waals surface area contributed by atoms with Crippen LogP contribution in [0, 0.1) is 0 Å². The zero-order valence-electron chi connectivity index (χ0n) is 12.2. The Hall–Kier alpha value is -1.10. The first kappa shape index (κ1) is 13.9. The molecule has 3 atom stereocenters. The molecule has 0 aromatic rings. The number of likely N-dealkylation sites (tertiary alicyclic amines) is 2. The molecule has 0 unspecified atom stereocenters. The third-order valence-corrected chi connectivity index (χ3v) is 5.02. The minimum atomic E-state index is -0.0679. The van der Waals surface area contributed by atoms with Gasteiger partial charge >= 0.3 is 5.97 Å². The van der Waals surface area contributed by atoms with E-state index in [1.54, 1.807) is 0 Å². The average Bonchev–Trinajstić information content (AvgIpc) is 3.15. The molecule has 0 radical (unpaired) electrons. The first-order valence-electron chi connectivity index (χ1n) is 7.94. The number of cyclic esters (lactones) is 1. The Morgan fingerprint density at radius 1 is 1.20 bits per heavy atom. The third kappa shape index (κ3) is 2.32. The number of hydrogen-bond donors (Lipinski definition) is 0. The second-order valence-electron chi connectivity index (χ2n) is 6.07. The van der Waals surface area contributed by atoms with Crippen LogP contribution in [0.3, 0.4) is 0 Å². The second-order valence-corrected chi connectivity index (χ2v) is 6.07. The summed E-state index contributed by atoms with van der Waals surface area (Å²) in [6.45, 7) is 4.33. The number of hydrogen-bond acceptors (Lipinski definition) is 4. The Morgan fingerprint density at radius 2 is 1.95 bits per heavy atom. The number of carbonyl (C=O) groups is 2. The van der Waals surface area contributed by atoms with Gasteiger partial charge in [0.1, 0.15) is 6.04 Å². The maximum absolute atomic E-state index is 12.1. The van der Waals surface area contributed by atoms with Crippen molar-refractivity contribution in [3.63, 3.8) is 0 Å². The normalized spacial score (nSPS) is 34.8. The van der Waals surface area contributed by atoms with E-state index >= 15 is 0 Å². The van der Waals surface area contributed by atoms with Crippen molar-refractivity contribution in [3.8, 4) is 0 Å². The average molecular weight is 280 g/mol. The first-order valence-corrected chi connectivity index (χ1v) is 7.94. The highest BCUT2D eigenvalue weighted by atomic mass is 16.5. The maximum Gasteiger partial charge on any atom is 0.323 e. The Labute approximate surface area is 120 Å². The fraction of sp³-hybridized carbons (Fsp3) is 0.867. The molecule has 0 aromatic carbocycles. The Bertz CT molecular complexity index is 399. The molecule has 5 heteroatoms. The summed E-state index contributed by atoms with van der Waals surface area (Å²) in [5, 5.41) is 0. The lowest BCUT2D eigenvalue weighted by Gasteiger charge is -2.36. The van der Waals surface area contributed by atoms with Crippen molar-refractivity contribution in [2.45, 2.75) is 63.6 Å². The summed E-state index contributed by atoms with van der Waals surface area (Å²) < 4.78 is 5.12. The van der Waals surface area contributed by atoms with Crippen LogP contribution in [0.1, 0.15) is 45.4 Å². The van der Waals surface area contributed by atoms with Crippen LogP contribution in [0.25, 0.3) is 0 Å². The minimum absolute atomic E-state index is 0.0664. The predicted octanol–water partition coefficient (Wildman–Crippen LogP) is 1.17. The molecule has 3 fully saturated rings. The molecule has 0 aromatic heterocycles. The molecule has 0 saturated carbocycles. The fourth-order valence-electron chi connectivity index (χ4n) is 4.11. The Balaban J connectivity index is 1.74. The largest absolute Gasteiger partial charge is 0.464 e. The number of esters is 1. The summed E-state index contributed by atoms with van der Waals surface area (Å²) in [5.41, 5.74) is 0. The molecule has 3 aliphatic rings. The molecule has 3 rings (SSSR count). The van der Waals surface area contributed by atoms with E-state index in [9.17, 15) is 9.59 Å². The highest BCUT2D eigenvalue weighted by molar-refractivity contribution is 5.78. The maximum atomic E-state index is 12.1. The number of carbonyl (C=O) groups excluding carboxylic acids is 2. The van der Waals surface area contributed by atoms with E-state index in [-0.39, 0.29) is 17.9 Å². The van der Waals surface area contributed by atoms with Crippen molar-refractivity contribution < 1.29 is 14.3 Å². The number of amides is 1. The topological polar surface area (TPSA) is 49.9 Å². The molecule has 3 aliphatic heterocycles. The predicted molar refractivity (Wildman–Crippen MR) is 74.1 cm³/mol. The van der Waals surface area contributed by atoms with Crippen molar-refractivity contribution in [2.24, 2.45) is 0 Å². The summed E-state index contributed by atoms with van der Waals surface area (Å²) >= 11 is 0. The smallest absolute Gasteiger partial charge is 0.323 e. The third-order valence-electron chi connectivity index (χ3n) is 5.02. The monoisotopic (exact) mass is 280 g/mol. The molecule has 0 bridgehead atoms. The van der Waals surface area contributed by atoms with Gasteiger partial charge in [0.25, 0.3) is 0 Å². The van der Waals surface area contributed by atoms with E-state index in [1.807, 2.05) is 6.92 Å². The van der Waals surface area contributed by atoms with Gasteiger partial charge in [0, 0.05) is 31.5 Å². The van der Waals surface area contributed by atoms with Gasteiger partial charge in [-0.1, -0.05) is 6.92 Å². The van der Waals surface area contributed by atoms with E-state index in [0.29, 0.717) is 25.1 Å². The van der Waals surface area contributed by atoms with Gasteiger partial charge < -0.3 is 9.64 Å². The standard InChI is InChI=1S/C15H24N2O3/c1-2-14(18)17-9-4-6-12(17)11-5-3-8-16(11)13-7-10-20-15(13)19/h11-13H,2-10H2,1H3/t11-,12+,13+/m0/s1. The van der Waals surface area contributed by atoms with E-state index in [4.69, 9.17) is 4.74 Å². The molecule has 0 spiro atoms. The van der Waals surface area contributed by atoms with Crippen molar-refractivity contribution in [2.75, 3.05) is 19.7 Å². The lowest BCUT2D eigenvalue weighted by atomic mass is 10.0. The molecule has 112 valence electrons. The first-order chi connectivity index (χ1) is 9.72. The lowest BCUT2D eigenvalue weighted by molar-refractivity contribution is -0.143. The quantitative estimate of drug-likeness (QED) is 0.728. The molecule has 0 N–H and O–H groups in total. The molecular weight excluding hydrogens is 256 g/mol. The number of rotatable bonds is 3. The molecule has 3 heterocycles. The summed E-state index contributed by atoms with van der Waals surface area (Å²) in [6.07, 6.45) is 5.78. The number of ether oxygens (including phenoxy) is 1. The summed E-state index contributed by atoms with van der Waals surface area (Å²) in [4.78, 5) is 28.3. The van der Waals surface area contributed by atoms with Crippen LogP contribution >= 0.6 is 0 Å². The Morgan fingerprint density at radius 3 is 2.65 bits per heavy atom. The summed E-state index contributed by atoms with van der Waals surface area (Å²) in [7, 11) is 0. The van der Waals surface area contributed by atoms with Gasteiger partial charge in [-0.2, -0.15) is 0 Å². The van der Waals surface area contributed by atoms with E-state index < -0.39 is 0 Å². The summed E-state index contributed by atoms with van der Waals surface area (Å²) in [6, 6.07) is 0.587. The Kier molecular flexibility index (Phi) is 3.96. The van der Waals surface area contributed by atoms with Crippen LogP contribution in [-0.4, -0.2) is 59.5 Å². The van der Waals surface area contributed by atoms with Gasteiger partial charge in [0.2, 0.25) is 5.91 Å². The van der Waals surface area contributed by atoms with Crippen LogP contribution in [0.15, 0.2) is 0 Å². The van der Waals surface area contributed by atoms with Crippen molar-refractivity contribution in [1.29, 1.82) is 0 Å². The van der Waals surface area contributed by atoms with Crippen molar-refractivity contribution in [3.05, 3.63) is 0 Å². The van der Waals surface area contributed by atoms with Crippen molar-refractivity contribution in [1.82, 2.24) is 9.80 Å². The van der Waals surface area contributed by atoms with Crippen LogP contribution in [0.5, 0.6) is 0 Å². The van der Waals surface area contributed by atoms with E-state index in [2.05, 4.69) is 9.80 Å². The van der Waals surface area contributed by atoms with Crippen LogP contribution in [0.2, 0.25) is 0 Å². The van der Waals surface area contributed by atoms with Crippen LogP contribution in [-0.2, 0) is 14.3 Å². The summed E-state index contributed by atoms with van der Waals surface area (Å²) in [5.74, 6) is 0.191. The molecule has 5 nitrogen and oxygen atoms in total. The van der Waals surface area contributed by atoms with Gasteiger partial charge in [-0.25, -0.2) is 0 Å². The molecule has 20 heavy (non-hydrogen) atoms. The van der Waals surface area contributed by atoms with Gasteiger partial charge in [0.15, 0.2) is 0 Å². The van der Waals surface area contributed by atoms with Gasteiger partial charge in [-0.05, 0) is 32.2 Å². The van der Waals surface area contributed by atoms with E-state index in [0.717, 1.165) is 45.2 Å². The highest BCUT2D eigenvalue weighted by Gasteiger charge is 2.44. The van der Waals surface area contributed by atoms with Crippen LogP contribution < -0.4 is 0 Å². The van der Waals surface area contributed by atoms with Gasteiger partial charge in [-0.15, -0.1) is 0 Å². The minimum Gasteiger partial charge on any atom is -0.464 e. The van der Waals surface area contributed by atoms with Crippen LogP contribution in [0.4, 0.5) is 0 Å². The highest BCUT2D eigenvalue weighted by Crippen LogP contribution is 2.33. The van der Waals surface area contributed by atoms with Gasteiger partial charge in [0.05, 0.1) is 6.61 Å². The van der Waals surface area contributed by atoms with E-state index in [1.165, 1.54) is 0 Å². The molecule has 3 saturated heterocycles. The SMILES string of the molecule is CCC(=O)N1CCC[C@@H]1[C@@H]1CCCN1[C@@H]1CCOC1=O. The molecular formula is C15H24N2O3. The number of nitrogens with zero attached hydrogens (tertiary/aromatic N) is 2. The molecule has 0 aliphatic carbocycles. The van der Waals surface area contributed by atoms with Crippen molar-refractivity contribution >= 4 is 11.9 Å². The van der Waals surface area contributed by atoms with Gasteiger partial charge in [-0.3, -0.25) is 14.5 Å². The zero-order chi connectivity index (χ0) is 14.1. The lowest BCUT2D eigenvalue weighted by Crippen LogP contribution is -2.52. The molecule has 1 amide bonds. The zero-order valence-corrected chi connectivity index (χ0v) is 12.2.